The van der Waals surface area contributed by atoms with E-state index in [4.69, 9.17) is 28.0 Å². The van der Waals surface area contributed by atoms with Crippen molar-refractivity contribution >= 4 is 32.0 Å². The number of methoxy groups -OCH3 is 2. The first-order valence-corrected chi connectivity index (χ1v) is 20.7. The van der Waals surface area contributed by atoms with Gasteiger partial charge in [0.05, 0.1) is 58.7 Å². The van der Waals surface area contributed by atoms with E-state index in [2.05, 4.69) is 58.4 Å². The Morgan fingerprint density at radius 3 is 2.15 bits per heavy atom. The van der Waals surface area contributed by atoms with Crippen LogP contribution >= 0.6 is 8.53 Å². The van der Waals surface area contributed by atoms with Crippen molar-refractivity contribution in [2.75, 3.05) is 41.5 Å². The van der Waals surface area contributed by atoms with Crippen LogP contribution in [0.2, 0.25) is 0 Å². The zero-order chi connectivity index (χ0) is 42.1. The summed E-state index contributed by atoms with van der Waals surface area (Å²) < 4.78 is 42.7. The second kappa shape index (κ2) is 19.7. The third-order valence-corrected chi connectivity index (χ3v) is 12.0. The van der Waals surface area contributed by atoms with Gasteiger partial charge in [0.2, 0.25) is 5.95 Å². The first-order chi connectivity index (χ1) is 28.5. The Bertz CT molecular complexity index is 2190. The van der Waals surface area contributed by atoms with E-state index in [0.29, 0.717) is 23.6 Å². The SMILES string of the molecule is COc1ccc(C(OC[C@H]2O[C@@H](n3cnc4c(=O)[nH]c(N=CN(C)C)nc43)C[C@H]2OP(OCCC#N)N(C(C)C)C(C)C)(c2ccccc2)c2ccc(OC)cc2)cc1. The Kier molecular flexibility index (Phi) is 14.5. The van der Waals surface area contributed by atoms with Gasteiger partial charge in [-0.15, -0.1) is 0 Å². The van der Waals surface area contributed by atoms with Crippen LogP contribution in [0, 0.1) is 11.3 Å². The van der Waals surface area contributed by atoms with Crippen molar-refractivity contribution in [2.45, 2.75) is 76.7 Å². The number of nitrogens with one attached hydrogen (secondary N) is 1. The summed E-state index contributed by atoms with van der Waals surface area (Å²) in [5.41, 5.74) is 1.55. The molecule has 3 aromatic carbocycles. The molecule has 312 valence electrons. The van der Waals surface area contributed by atoms with E-state index in [-0.39, 0.29) is 43.2 Å². The number of aromatic nitrogens is 4. The number of ether oxygens (including phenoxy) is 4. The molecule has 2 aromatic heterocycles. The summed E-state index contributed by atoms with van der Waals surface area (Å²) in [5, 5.41) is 9.40. The Morgan fingerprint density at radius 2 is 1.59 bits per heavy atom. The molecule has 1 unspecified atom stereocenters. The lowest BCUT2D eigenvalue weighted by atomic mass is 9.80. The number of aromatic amines is 1. The molecule has 0 radical (unpaired) electrons. The quantitative estimate of drug-likeness (QED) is 0.0291. The predicted molar refractivity (Wildman–Crippen MR) is 227 cm³/mol. The highest BCUT2D eigenvalue weighted by Crippen LogP contribution is 2.51. The van der Waals surface area contributed by atoms with Crippen molar-refractivity contribution in [3.63, 3.8) is 0 Å². The number of aliphatic imine (C=N–C) groups is 1. The van der Waals surface area contributed by atoms with E-state index in [9.17, 15) is 10.1 Å². The normalized spacial score (nSPS) is 17.6. The smallest absolute Gasteiger partial charge is 0.280 e. The summed E-state index contributed by atoms with van der Waals surface area (Å²) in [6.45, 7) is 8.65. The third kappa shape index (κ3) is 9.82. The van der Waals surface area contributed by atoms with Crippen LogP contribution in [0.4, 0.5) is 5.95 Å². The minimum Gasteiger partial charge on any atom is -0.497 e. The molecule has 59 heavy (non-hydrogen) atoms. The number of imidazole rings is 1. The topological polar surface area (TPSA) is 162 Å². The number of hydrogen-bond donors (Lipinski definition) is 1. The van der Waals surface area contributed by atoms with Gasteiger partial charge in [-0.2, -0.15) is 10.2 Å². The first-order valence-electron chi connectivity index (χ1n) is 19.6. The third-order valence-electron chi connectivity index (χ3n) is 9.85. The number of fused-ring (bicyclic) bond motifs is 1. The number of hydrogen-bond acceptors (Lipinski definition) is 12. The molecule has 0 spiro atoms. The number of nitrogens with zero attached hydrogens (tertiary/aromatic N) is 7. The maximum Gasteiger partial charge on any atom is 0.280 e. The predicted octanol–water partition coefficient (Wildman–Crippen LogP) is 7.32. The van der Waals surface area contributed by atoms with E-state index >= 15 is 0 Å². The van der Waals surface area contributed by atoms with Gasteiger partial charge < -0.3 is 32.9 Å². The summed E-state index contributed by atoms with van der Waals surface area (Å²) in [5.74, 6) is 1.55. The molecule has 0 bridgehead atoms. The van der Waals surface area contributed by atoms with Crippen LogP contribution in [0.1, 0.15) is 63.5 Å². The van der Waals surface area contributed by atoms with Crippen molar-refractivity contribution in [3.8, 4) is 17.6 Å². The summed E-state index contributed by atoms with van der Waals surface area (Å²) in [4.78, 5) is 31.0. The van der Waals surface area contributed by atoms with Crippen molar-refractivity contribution < 1.29 is 28.0 Å². The van der Waals surface area contributed by atoms with Crippen LogP contribution in [0.15, 0.2) is 95.0 Å². The lowest BCUT2D eigenvalue weighted by Gasteiger charge is -2.39. The summed E-state index contributed by atoms with van der Waals surface area (Å²) in [6.07, 6.45) is 1.79. The number of benzene rings is 3. The fraction of sp³-hybridized carbons (Fsp3) is 0.419. The number of nitriles is 1. The highest BCUT2D eigenvalue weighted by atomic mass is 31.2. The average molecular weight is 825 g/mol. The second-order valence-electron chi connectivity index (χ2n) is 14.8. The summed E-state index contributed by atoms with van der Waals surface area (Å²) in [7, 11) is 5.26. The molecule has 1 aliphatic heterocycles. The molecule has 1 fully saturated rings. The monoisotopic (exact) mass is 824 g/mol. The molecule has 0 saturated carbocycles. The highest BCUT2D eigenvalue weighted by molar-refractivity contribution is 7.44. The molecule has 3 heterocycles. The maximum absolute atomic E-state index is 13.2. The molecular weight excluding hydrogens is 771 g/mol. The van der Waals surface area contributed by atoms with Crippen LogP contribution in [0.5, 0.6) is 11.5 Å². The Balaban J connectivity index is 1.45. The minimum atomic E-state index is -1.67. The van der Waals surface area contributed by atoms with Gasteiger partial charge in [0.1, 0.15) is 29.4 Å². The van der Waals surface area contributed by atoms with Crippen LogP contribution in [-0.2, 0) is 24.1 Å². The van der Waals surface area contributed by atoms with E-state index in [1.165, 1.54) is 0 Å². The Morgan fingerprint density at radius 1 is 0.983 bits per heavy atom. The van der Waals surface area contributed by atoms with Gasteiger partial charge in [-0.05, 0) is 68.7 Å². The molecule has 0 aliphatic carbocycles. The van der Waals surface area contributed by atoms with Gasteiger partial charge >= 0.3 is 0 Å². The van der Waals surface area contributed by atoms with E-state index in [0.717, 1.165) is 16.7 Å². The molecule has 1 saturated heterocycles. The molecule has 1 N–H and O–H groups in total. The van der Waals surface area contributed by atoms with Crippen molar-refractivity contribution in [1.82, 2.24) is 29.1 Å². The summed E-state index contributed by atoms with van der Waals surface area (Å²) >= 11 is 0. The van der Waals surface area contributed by atoms with Gasteiger partial charge in [0.25, 0.3) is 14.1 Å². The minimum absolute atomic E-state index is 0.0673. The number of H-pyrrole nitrogens is 1. The summed E-state index contributed by atoms with van der Waals surface area (Å²) in [6, 6.07) is 28.1. The molecule has 4 atom stereocenters. The zero-order valence-corrected chi connectivity index (χ0v) is 35.7. The molecule has 6 rings (SSSR count). The van der Waals surface area contributed by atoms with E-state index in [1.54, 1.807) is 36.4 Å². The molecule has 1 aliphatic rings. The van der Waals surface area contributed by atoms with Crippen LogP contribution in [0.3, 0.4) is 0 Å². The largest absolute Gasteiger partial charge is 0.497 e. The van der Waals surface area contributed by atoms with Crippen LogP contribution in [-0.4, -0.2) is 101 Å². The van der Waals surface area contributed by atoms with Gasteiger partial charge in [-0.3, -0.25) is 14.3 Å². The van der Waals surface area contributed by atoms with Gasteiger partial charge in [-0.25, -0.2) is 14.6 Å². The molecular formula is C43H53N8O7P. The first kappa shape index (κ1) is 43.4. The fourth-order valence-electron chi connectivity index (χ4n) is 7.18. The molecule has 5 aromatic rings. The second-order valence-corrected chi connectivity index (χ2v) is 16.2. The zero-order valence-electron chi connectivity index (χ0n) is 34.8. The lowest BCUT2D eigenvalue weighted by Crippen LogP contribution is -2.39. The lowest BCUT2D eigenvalue weighted by molar-refractivity contribution is -0.0912. The van der Waals surface area contributed by atoms with Crippen LogP contribution < -0.4 is 15.0 Å². The van der Waals surface area contributed by atoms with Gasteiger partial charge in [-0.1, -0.05) is 54.6 Å². The van der Waals surface area contributed by atoms with E-state index < -0.39 is 38.1 Å². The fourth-order valence-corrected chi connectivity index (χ4v) is 8.94. The Hall–Kier alpha value is -5.20. The molecule has 16 heteroatoms. The number of rotatable bonds is 19. The Labute approximate surface area is 346 Å². The maximum atomic E-state index is 13.2. The standard InChI is InChI=1S/C43H53N8O7P/c1-29(2)51(30(3)4)59(56-24-12-23-44)58-36-25-38(50-28-45-39-40(50)47-42(48-41(39)52)46-27-49(5)6)57-37(36)26-55-43(31-13-10-9-11-14-31,32-15-19-34(53-7)20-16-32)33-17-21-35(54-8)22-18-33/h9-11,13-22,27-30,36-38H,12,24-26H2,1-8H3,(H,47,48,52)/t36-,37-,38-,59?/m1/s1. The van der Waals surface area contributed by atoms with Crippen molar-refractivity contribution in [2.24, 2.45) is 4.99 Å². The van der Waals surface area contributed by atoms with Crippen LogP contribution in [0.25, 0.3) is 11.2 Å². The average Bonchev–Trinajstić information content (AvgIpc) is 3.85. The highest BCUT2D eigenvalue weighted by Gasteiger charge is 2.45. The molecule has 15 nitrogen and oxygen atoms in total. The van der Waals surface area contributed by atoms with Gasteiger partial charge in [0.15, 0.2) is 11.2 Å². The molecule has 0 amide bonds. The van der Waals surface area contributed by atoms with E-state index in [1.807, 2.05) is 93.0 Å². The van der Waals surface area contributed by atoms with Crippen molar-refractivity contribution in [1.29, 1.82) is 5.26 Å². The van der Waals surface area contributed by atoms with Gasteiger partial charge in [0, 0.05) is 32.6 Å². The van der Waals surface area contributed by atoms with Crippen molar-refractivity contribution in [3.05, 3.63) is 112 Å².